The van der Waals surface area contributed by atoms with Crippen molar-refractivity contribution in [3.63, 3.8) is 0 Å². The van der Waals surface area contributed by atoms with E-state index in [2.05, 4.69) is 4.98 Å². The molecule has 0 spiro atoms. The van der Waals surface area contributed by atoms with Gasteiger partial charge in [-0.2, -0.15) is 0 Å². The largest absolute Gasteiger partial charge is 0.507 e. The zero-order chi connectivity index (χ0) is 13.8. The number of carbonyl (C=O) groups is 1. The topological polar surface area (TPSA) is 79.7 Å². The fourth-order valence-corrected chi connectivity index (χ4v) is 1.71. The summed E-state index contributed by atoms with van der Waals surface area (Å²) in [6.07, 6.45) is 3.20. The van der Waals surface area contributed by atoms with Crippen molar-refractivity contribution in [3.8, 4) is 22.6 Å². The maximum Gasteiger partial charge on any atom is 0.339 e. The van der Waals surface area contributed by atoms with Crippen LogP contribution in [0.1, 0.15) is 17.3 Å². The fourth-order valence-electron chi connectivity index (χ4n) is 1.71. The molecule has 2 aromatic rings. The van der Waals surface area contributed by atoms with E-state index in [-0.39, 0.29) is 11.3 Å². The first-order valence-electron chi connectivity index (χ1n) is 5.76. The molecule has 0 aliphatic carbocycles. The van der Waals surface area contributed by atoms with Crippen LogP contribution in [0.2, 0.25) is 0 Å². The summed E-state index contributed by atoms with van der Waals surface area (Å²) in [7, 11) is 0. The van der Waals surface area contributed by atoms with Crippen LogP contribution in [0.25, 0.3) is 11.1 Å². The standard InChI is InChI=1S/C14H13NO4/c1-2-19-11-5-10(7-15-8-11)9-3-4-13(16)12(6-9)14(17)18/h3-8,16H,2H2,1H3,(H,17,18). The second-order valence-electron chi connectivity index (χ2n) is 3.88. The quantitative estimate of drug-likeness (QED) is 0.882. The second kappa shape index (κ2) is 5.39. The number of rotatable bonds is 4. The minimum Gasteiger partial charge on any atom is -0.507 e. The SMILES string of the molecule is CCOc1cncc(-c2ccc(O)c(C(=O)O)c2)c1. The Hall–Kier alpha value is -2.56. The molecule has 0 atom stereocenters. The van der Waals surface area contributed by atoms with Gasteiger partial charge in [0.05, 0.1) is 12.8 Å². The number of nitrogens with zero attached hydrogens (tertiary/aromatic N) is 1. The summed E-state index contributed by atoms with van der Waals surface area (Å²) in [6.45, 7) is 2.40. The molecule has 5 heteroatoms. The van der Waals surface area contributed by atoms with E-state index < -0.39 is 5.97 Å². The smallest absolute Gasteiger partial charge is 0.339 e. The van der Waals surface area contributed by atoms with Crippen molar-refractivity contribution in [3.05, 3.63) is 42.2 Å². The lowest BCUT2D eigenvalue weighted by Crippen LogP contribution is -1.97. The van der Waals surface area contributed by atoms with Crippen molar-refractivity contribution in [2.24, 2.45) is 0 Å². The molecule has 98 valence electrons. The summed E-state index contributed by atoms with van der Waals surface area (Å²) < 4.78 is 5.34. The Labute approximate surface area is 110 Å². The van der Waals surface area contributed by atoms with E-state index in [4.69, 9.17) is 9.84 Å². The fraction of sp³-hybridized carbons (Fsp3) is 0.143. The summed E-state index contributed by atoms with van der Waals surface area (Å²) in [6, 6.07) is 6.17. The molecule has 2 rings (SSSR count). The zero-order valence-corrected chi connectivity index (χ0v) is 10.3. The Morgan fingerprint density at radius 2 is 2.05 bits per heavy atom. The van der Waals surface area contributed by atoms with Crippen molar-refractivity contribution in [2.75, 3.05) is 6.61 Å². The predicted molar refractivity (Wildman–Crippen MR) is 69.5 cm³/mol. The first-order chi connectivity index (χ1) is 9.11. The van der Waals surface area contributed by atoms with Gasteiger partial charge >= 0.3 is 5.97 Å². The van der Waals surface area contributed by atoms with Crippen LogP contribution in [0.4, 0.5) is 0 Å². The highest BCUT2D eigenvalue weighted by atomic mass is 16.5. The third kappa shape index (κ3) is 2.82. The molecule has 0 amide bonds. The number of carboxylic acids is 1. The Morgan fingerprint density at radius 3 is 2.74 bits per heavy atom. The number of phenols is 1. The summed E-state index contributed by atoms with van der Waals surface area (Å²) in [5, 5.41) is 18.4. The van der Waals surface area contributed by atoms with Crippen LogP contribution in [0.3, 0.4) is 0 Å². The molecule has 0 fully saturated rings. The van der Waals surface area contributed by atoms with Gasteiger partial charge in [0.1, 0.15) is 17.1 Å². The number of pyridine rings is 1. The monoisotopic (exact) mass is 259 g/mol. The first kappa shape index (κ1) is 12.9. The molecule has 19 heavy (non-hydrogen) atoms. The van der Waals surface area contributed by atoms with Gasteiger partial charge in [-0.3, -0.25) is 4.98 Å². The van der Waals surface area contributed by atoms with Gasteiger partial charge in [-0.1, -0.05) is 6.07 Å². The second-order valence-corrected chi connectivity index (χ2v) is 3.88. The van der Waals surface area contributed by atoms with E-state index >= 15 is 0 Å². The van der Waals surface area contributed by atoms with E-state index in [9.17, 15) is 9.90 Å². The molecule has 0 radical (unpaired) electrons. The molecular formula is C14H13NO4. The van der Waals surface area contributed by atoms with Crippen LogP contribution in [0, 0.1) is 0 Å². The molecular weight excluding hydrogens is 246 g/mol. The van der Waals surface area contributed by atoms with E-state index in [1.165, 1.54) is 12.1 Å². The van der Waals surface area contributed by atoms with Crippen LogP contribution in [-0.2, 0) is 0 Å². The predicted octanol–water partition coefficient (Wildman–Crippen LogP) is 2.55. The van der Waals surface area contributed by atoms with E-state index in [0.29, 0.717) is 17.9 Å². The Bertz CT molecular complexity index is 610. The van der Waals surface area contributed by atoms with Crippen molar-refractivity contribution in [1.82, 2.24) is 4.98 Å². The van der Waals surface area contributed by atoms with E-state index in [1.807, 2.05) is 6.92 Å². The van der Waals surface area contributed by atoms with Gasteiger partial charge in [-0.05, 0) is 30.7 Å². The van der Waals surface area contributed by atoms with Gasteiger partial charge in [-0.15, -0.1) is 0 Å². The molecule has 1 heterocycles. The molecule has 2 N–H and O–H groups in total. The lowest BCUT2D eigenvalue weighted by atomic mass is 10.0. The number of hydrogen-bond acceptors (Lipinski definition) is 4. The van der Waals surface area contributed by atoms with Crippen LogP contribution in [0.15, 0.2) is 36.7 Å². The summed E-state index contributed by atoms with van der Waals surface area (Å²) in [5.74, 6) is -0.816. The van der Waals surface area contributed by atoms with Crippen LogP contribution in [-0.4, -0.2) is 27.8 Å². The maximum atomic E-state index is 11.0. The third-order valence-corrected chi connectivity index (χ3v) is 2.58. The minimum absolute atomic E-state index is 0.140. The van der Waals surface area contributed by atoms with E-state index in [0.717, 1.165) is 5.56 Å². The molecule has 1 aromatic heterocycles. The Morgan fingerprint density at radius 1 is 1.26 bits per heavy atom. The third-order valence-electron chi connectivity index (χ3n) is 2.58. The number of aromatic nitrogens is 1. The van der Waals surface area contributed by atoms with Gasteiger partial charge in [0.2, 0.25) is 0 Å². The number of hydrogen-bond donors (Lipinski definition) is 2. The highest BCUT2D eigenvalue weighted by Crippen LogP contribution is 2.27. The number of aromatic carboxylic acids is 1. The number of ether oxygens (including phenoxy) is 1. The summed E-state index contributed by atoms with van der Waals surface area (Å²) in [5.41, 5.74) is 1.25. The van der Waals surface area contributed by atoms with Crippen molar-refractivity contribution < 1.29 is 19.7 Å². The van der Waals surface area contributed by atoms with Gasteiger partial charge < -0.3 is 14.9 Å². The van der Waals surface area contributed by atoms with Crippen LogP contribution in [0.5, 0.6) is 11.5 Å². The van der Waals surface area contributed by atoms with Crippen LogP contribution >= 0.6 is 0 Å². The highest BCUT2D eigenvalue weighted by molar-refractivity contribution is 5.92. The van der Waals surface area contributed by atoms with Crippen LogP contribution < -0.4 is 4.74 Å². The van der Waals surface area contributed by atoms with Crippen molar-refractivity contribution >= 4 is 5.97 Å². The number of aromatic hydroxyl groups is 1. The molecule has 0 bridgehead atoms. The van der Waals surface area contributed by atoms with Crippen molar-refractivity contribution in [1.29, 1.82) is 0 Å². The van der Waals surface area contributed by atoms with Gasteiger partial charge in [0.25, 0.3) is 0 Å². The highest BCUT2D eigenvalue weighted by Gasteiger charge is 2.11. The molecule has 5 nitrogen and oxygen atoms in total. The molecule has 1 aromatic carbocycles. The zero-order valence-electron chi connectivity index (χ0n) is 10.3. The number of carboxylic acid groups (broad SMARTS) is 1. The average molecular weight is 259 g/mol. The molecule has 0 aliphatic heterocycles. The average Bonchev–Trinajstić information content (AvgIpc) is 2.39. The lowest BCUT2D eigenvalue weighted by Gasteiger charge is -2.07. The van der Waals surface area contributed by atoms with Gasteiger partial charge in [0.15, 0.2) is 0 Å². The van der Waals surface area contributed by atoms with Crippen molar-refractivity contribution in [2.45, 2.75) is 6.92 Å². The van der Waals surface area contributed by atoms with E-state index in [1.54, 1.807) is 24.5 Å². The molecule has 0 saturated carbocycles. The maximum absolute atomic E-state index is 11.0. The first-order valence-corrected chi connectivity index (χ1v) is 5.76. The summed E-state index contributed by atoms with van der Waals surface area (Å²) in [4.78, 5) is 15.0. The molecule has 0 saturated heterocycles. The lowest BCUT2D eigenvalue weighted by molar-refractivity contribution is 0.0694. The van der Waals surface area contributed by atoms with Gasteiger partial charge in [0, 0.05) is 11.8 Å². The molecule has 0 aliphatic rings. The summed E-state index contributed by atoms with van der Waals surface area (Å²) >= 11 is 0. The number of benzene rings is 1. The molecule has 0 unspecified atom stereocenters. The minimum atomic E-state index is -1.17. The normalized spacial score (nSPS) is 10.2. The Kier molecular flexibility index (Phi) is 3.66. The Balaban J connectivity index is 2.44. The van der Waals surface area contributed by atoms with Gasteiger partial charge in [-0.25, -0.2) is 4.79 Å².